The van der Waals surface area contributed by atoms with Gasteiger partial charge in [0, 0.05) is 0 Å². The molecule has 0 aromatic heterocycles. The molecule has 4 aromatic carbocycles. The Balaban J connectivity index is 1.87. The predicted molar refractivity (Wildman–Crippen MR) is 217 cm³/mol. The summed E-state index contributed by atoms with van der Waals surface area (Å²) in [6.45, 7) is 36.6. The normalized spacial score (nSPS) is 14.7. The Morgan fingerprint density at radius 2 is 0.208 bits per heavy atom. The van der Waals surface area contributed by atoms with Crippen molar-refractivity contribution in [1.29, 1.82) is 0 Å². The maximum absolute atomic E-state index is 2.37. The molecular weight excluding hydrogens is 577 g/mol. The first kappa shape index (κ1) is 35.2. The van der Waals surface area contributed by atoms with E-state index < -0.39 is 0 Å². The summed E-state index contributed by atoms with van der Waals surface area (Å²) in [5, 5.41) is 0. The van der Waals surface area contributed by atoms with Crippen LogP contribution in [0.5, 0.6) is 0 Å². The molecule has 0 spiro atoms. The van der Waals surface area contributed by atoms with Gasteiger partial charge in [-0.3, -0.25) is 0 Å². The SMILES string of the molecule is Cc1c(C)c2c(C)c(C)c1C=Cc1c(C)c(C)c(c(C)c1C)/C=C\c1c(C)c(C)c(c(C)c1C)/C=C\c1c(C)c(C)c(c(C)c1C)/C=C\2. The van der Waals surface area contributed by atoms with E-state index in [-0.39, 0.29) is 0 Å². The maximum Gasteiger partial charge on any atom is -0.0192 e. The Bertz CT molecular complexity index is 1570. The van der Waals surface area contributed by atoms with Crippen LogP contribution in [0.25, 0.3) is 48.6 Å². The van der Waals surface area contributed by atoms with Crippen LogP contribution in [0.3, 0.4) is 0 Å². The molecule has 4 aromatic rings. The molecule has 0 atom stereocenters. The van der Waals surface area contributed by atoms with Gasteiger partial charge in [0.15, 0.2) is 0 Å². The molecule has 0 aliphatic heterocycles. The molecular formula is C48H56. The van der Waals surface area contributed by atoms with Crippen molar-refractivity contribution in [1.82, 2.24) is 0 Å². The predicted octanol–water partition coefficient (Wildman–Crippen LogP) is 13.6. The Labute approximate surface area is 292 Å². The van der Waals surface area contributed by atoms with Crippen LogP contribution in [0.1, 0.15) is 134 Å². The van der Waals surface area contributed by atoms with E-state index in [2.05, 4.69) is 159 Å². The highest BCUT2D eigenvalue weighted by Gasteiger charge is 2.18. The van der Waals surface area contributed by atoms with Crippen LogP contribution < -0.4 is 0 Å². The molecule has 0 heterocycles. The van der Waals surface area contributed by atoms with Crippen LogP contribution in [-0.4, -0.2) is 0 Å². The fourth-order valence-electron chi connectivity index (χ4n) is 8.15. The minimum Gasteiger partial charge on any atom is -0.0538 e. The van der Waals surface area contributed by atoms with Gasteiger partial charge in [0.05, 0.1) is 0 Å². The van der Waals surface area contributed by atoms with Gasteiger partial charge < -0.3 is 0 Å². The molecule has 0 saturated carbocycles. The third-order valence-electron chi connectivity index (χ3n) is 12.6. The first-order chi connectivity index (χ1) is 22.5. The molecule has 0 radical (unpaired) electrons. The summed E-state index contributed by atoms with van der Waals surface area (Å²) in [6.07, 6.45) is 18.9. The van der Waals surface area contributed by atoms with Crippen molar-refractivity contribution >= 4 is 48.6 Å². The lowest BCUT2D eigenvalue weighted by Crippen LogP contribution is -2.02. The van der Waals surface area contributed by atoms with Gasteiger partial charge in [0.1, 0.15) is 0 Å². The summed E-state index contributed by atoms with van der Waals surface area (Å²) < 4.78 is 0. The Hall–Kier alpha value is -4.16. The third kappa shape index (κ3) is 5.58. The van der Waals surface area contributed by atoms with Crippen molar-refractivity contribution < 1.29 is 0 Å². The molecule has 48 heavy (non-hydrogen) atoms. The molecule has 0 fully saturated rings. The number of benzene rings is 4. The van der Waals surface area contributed by atoms with Crippen LogP contribution in [0.15, 0.2) is 0 Å². The van der Waals surface area contributed by atoms with Crippen molar-refractivity contribution in [3.8, 4) is 0 Å². The minimum atomic E-state index is 1.34. The summed E-state index contributed by atoms with van der Waals surface area (Å²) in [5.74, 6) is 0. The average Bonchev–Trinajstić information content (AvgIpc) is 3.05. The van der Waals surface area contributed by atoms with E-state index in [0.717, 1.165) is 0 Å². The van der Waals surface area contributed by atoms with Crippen molar-refractivity contribution in [2.24, 2.45) is 0 Å². The van der Waals surface area contributed by atoms with Crippen molar-refractivity contribution in [2.75, 3.05) is 0 Å². The van der Waals surface area contributed by atoms with Gasteiger partial charge >= 0.3 is 0 Å². The smallest absolute Gasteiger partial charge is 0.0192 e. The van der Waals surface area contributed by atoms with Crippen LogP contribution in [0.2, 0.25) is 0 Å². The topological polar surface area (TPSA) is 0 Å². The summed E-state index contributed by atoms with van der Waals surface area (Å²) in [7, 11) is 0. The van der Waals surface area contributed by atoms with Gasteiger partial charge in [-0.25, -0.2) is 0 Å². The molecule has 0 nitrogen and oxygen atoms in total. The second-order valence-corrected chi connectivity index (χ2v) is 14.6. The molecule has 0 N–H and O–H groups in total. The van der Waals surface area contributed by atoms with Crippen LogP contribution in [0, 0.1) is 111 Å². The zero-order valence-electron chi connectivity index (χ0n) is 32.6. The van der Waals surface area contributed by atoms with Gasteiger partial charge in [-0.05, 0) is 244 Å². The molecule has 0 amide bonds. The van der Waals surface area contributed by atoms with Gasteiger partial charge in [-0.1, -0.05) is 48.6 Å². The van der Waals surface area contributed by atoms with Crippen LogP contribution in [-0.2, 0) is 0 Å². The van der Waals surface area contributed by atoms with Crippen LogP contribution >= 0.6 is 0 Å². The first-order valence-electron chi connectivity index (χ1n) is 17.6. The molecule has 0 heteroatoms. The van der Waals surface area contributed by atoms with Gasteiger partial charge in [0.25, 0.3) is 0 Å². The summed E-state index contributed by atoms with van der Waals surface area (Å²) in [4.78, 5) is 0. The Kier molecular flexibility index (Phi) is 9.55. The van der Waals surface area contributed by atoms with Gasteiger partial charge in [0.2, 0.25) is 0 Å². The molecule has 8 bridgehead atoms. The molecule has 10 aliphatic carbocycles. The summed E-state index contributed by atoms with van der Waals surface area (Å²) >= 11 is 0. The second-order valence-electron chi connectivity index (χ2n) is 14.6. The lowest BCUT2D eigenvalue weighted by atomic mass is 9.84. The highest BCUT2D eigenvalue weighted by Crippen LogP contribution is 2.36. The molecule has 14 rings (SSSR count). The molecule has 10 aliphatic rings. The van der Waals surface area contributed by atoms with Crippen molar-refractivity contribution in [2.45, 2.75) is 111 Å². The van der Waals surface area contributed by atoms with E-state index in [1.807, 2.05) is 0 Å². The standard InChI is InChI=1S/C48H56/c1-25-26(2)42-19-20-44-33(9)35(11)46(36(12)34(44)10)23-24-48-39(15)37(13)47(38(14)40(48)16)22-21-45-31(7)29(5)43(30(6)32(45)8)18-17-41(25)27(3)28(42)4/h17-24H,1-16H3/b18-17-,20-19-,22-21-,24-23?,41-17?,42-19?,43-18?,44-20?,45-21?,46-23?,47-22?,48-24?. The minimum absolute atomic E-state index is 1.34. The molecule has 0 unspecified atom stereocenters. The van der Waals surface area contributed by atoms with E-state index >= 15 is 0 Å². The zero-order chi connectivity index (χ0) is 35.5. The quantitative estimate of drug-likeness (QED) is 0.159. The van der Waals surface area contributed by atoms with E-state index in [0.29, 0.717) is 0 Å². The second kappa shape index (κ2) is 13.0. The fourth-order valence-corrected chi connectivity index (χ4v) is 8.15. The van der Waals surface area contributed by atoms with Crippen molar-refractivity contribution in [3.63, 3.8) is 0 Å². The number of hydrogen-bond acceptors (Lipinski definition) is 0. The fraction of sp³-hybridized carbons (Fsp3) is 0.333. The van der Waals surface area contributed by atoms with E-state index in [1.165, 1.54) is 134 Å². The molecule has 248 valence electrons. The lowest BCUT2D eigenvalue weighted by Gasteiger charge is -2.21. The van der Waals surface area contributed by atoms with E-state index in [1.54, 1.807) is 0 Å². The Morgan fingerprint density at radius 3 is 0.271 bits per heavy atom. The highest BCUT2D eigenvalue weighted by molar-refractivity contribution is 5.86. The monoisotopic (exact) mass is 632 g/mol. The van der Waals surface area contributed by atoms with Gasteiger partial charge in [-0.15, -0.1) is 0 Å². The lowest BCUT2D eigenvalue weighted by molar-refractivity contribution is 1.20. The third-order valence-corrected chi connectivity index (χ3v) is 12.6. The highest BCUT2D eigenvalue weighted by atomic mass is 14.2. The number of rotatable bonds is 0. The largest absolute Gasteiger partial charge is 0.0538 e. The maximum atomic E-state index is 2.37. The summed E-state index contributed by atoms with van der Waals surface area (Å²) in [6, 6.07) is 0. The average molecular weight is 633 g/mol. The summed E-state index contributed by atoms with van der Waals surface area (Å²) in [5.41, 5.74) is 32.4. The Morgan fingerprint density at radius 1 is 0.146 bits per heavy atom. The number of hydrogen-bond donors (Lipinski definition) is 0. The van der Waals surface area contributed by atoms with E-state index in [9.17, 15) is 0 Å². The molecule has 0 saturated heterocycles. The van der Waals surface area contributed by atoms with Gasteiger partial charge in [-0.2, -0.15) is 0 Å². The van der Waals surface area contributed by atoms with E-state index in [4.69, 9.17) is 0 Å². The zero-order valence-corrected chi connectivity index (χ0v) is 32.6. The van der Waals surface area contributed by atoms with Crippen LogP contribution in [0.4, 0.5) is 0 Å². The first-order valence-corrected chi connectivity index (χ1v) is 17.6. The van der Waals surface area contributed by atoms with Crippen molar-refractivity contribution in [3.05, 3.63) is 134 Å².